The molecule has 1 rings (SSSR count). The molecule has 5 nitrogen and oxygen atoms in total. The van der Waals surface area contributed by atoms with E-state index in [2.05, 4.69) is 15.3 Å². The molecule has 0 amide bonds. The number of nitriles is 1. The van der Waals surface area contributed by atoms with Crippen LogP contribution in [0.25, 0.3) is 0 Å². The molecule has 1 N–H and O–H groups in total. The van der Waals surface area contributed by atoms with Crippen molar-refractivity contribution in [2.24, 2.45) is 5.10 Å². The van der Waals surface area contributed by atoms with Crippen molar-refractivity contribution >= 4 is 17.4 Å². The van der Waals surface area contributed by atoms with Crippen molar-refractivity contribution in [1.29, 1.82) is 5.26 Å². The van der Waals surface area contributed by atoms with Crippen LogP contribution in [-0.4, -0.2) is 18.8 Å². The van der Waals surface area contributed by atoms with Gasteiger partial charge in [0.25, 0.3) is 0 Å². The van der Waals surface area contributed by atoms with Crippen molar-refractivity contribution in [3.8, 4) is 6.07 Å². The van der Waals surface area contributed by atoms with E-state index < -0.39 is 11.7 Å². The molecule has 0 aliphatic rings. The van der Waals surface area contributed by atoms with Crippen LogP contribution in [0.1, 0.15) is 0 Å². The van der Waals surface area contributed by atoms with Crippen LogP contribution >= 0.6 is 0 Å². The Kier molecular flexibility index (Phi) is 3.98. The highest BCUT2D eigenvalue weighted by Gasteiger charge is 2.10. The number of hydrazone groups is 1. The molecule has 0 heterocycles. The van der Waals surface area contributed by atoms with E-state index in [9.17, 15) is 9.18 Å². The van der Waals surface area contributed by atoms with Gasteiger partial charge in [-0.25, -0.2) is 9.18 Å². The van der Waals surface area contributed by atoms with E-state index in [4.69, 9.17) is 5.26 Å². The standard InChI is InChI=1S/C10H8FN3O2/c1-16-10(15)9(6-12)14-13-8-4-2-7(11)3-5-8/h2-5,13H,1H3/b14-9+. The predicted octanol–water partition coefficient (Wildman–Crippen LogP) is 1.29. The summed E-state index contributed by atoms with van der Waals surface area (Å²) in [6.45, 7) is 0. The third-order valence-electron chi connectivity index (χ3n) is 1.63. The normalized spacial score (nSPS) is 10.4. The summed E-state index contributed by atoms with van der Waals surface area (Å²) in [5.74, 6) is -1.22. The van der Waals surface area contributed by atoms with Gasteiger partial charge in [0.05, 0.1) is 12.8 Å². The Hall–Kier alpha value is -2.42. The lowest BCUT2D eigenvalue weighted by Crippen LogP contribution is -2.15. The van der Waals surface area contributed by atoms with E-state index in [0.29, 0.717) is 5.69 Å². The lowest BCUT2D eigenvalue weighted by Gasteiger charge is -2.00. The molecule has 0 atom stereocenters. The molecule has 0 aromatic heterocycles. The van der Waals surface area contributed by atoms with Gasteiger partial charge in [-0.1, -0.05) is 0 Å². The second-order valence-electron chi connectivity index (χ2n) is 2.68. The lowest BCUT2D eigenvalue weighted by molar-refractivity contribution is -0.132. The second kappa shape index (κ2) is 5.46. The number of carbonyl (C=O) groups excluding carboxylic acids is 1. The zero-order chi connectivity index (χ0) is 12.0. The smallest absolute Gasteiger partial charge is 0.369 e. The minimum Gasteiger partial charge on any atom is -0.464 e. The predicted molar refractivity (Wildman–Crippen MR) is 55.1 cm³/mol. The van der Waals surface area contributed by atoms with Crippen molar-refractivity contribution in [3.63, 3.8) is 0 Å². The van der Waals surface area contributed by atoms with Crippen molar-refractivity contribution in [2.45, 2.75) is 0 Å². The van der Waals surface area contributed by atoms with Crippen molar-refractivity contribution in [2.75, 3.05) is 12.5 Å². The molecule has 0 aliphatic carbocycles. The monoisotopic (exact) mass is 221 g/mol. The topological polar surface area (TPSA) is 74.5 Å². The maximum atomic E-state index is 12.5. The van der Waals surface area contributed by atoms with E-state index in [1.165, 1.54) is 24.3 Å². The second-order valence-corrected chi connectivity index (χ2v) is 2.68. The first-order valence-electron chi connectivity index (χ1n) is 4.25. The molecule has 0 spiro atoms. The van der Waals surface area contributed by atoms with Gasteiger partial charge in [0.1, 0.15) is 11.9 Å². The van der Waals surface area contributed by atoms with Crippen LogP contribution in [0.4, 0.5) is 10.1 Å². The van der Waals surface area contributed by atoms with Crippen LogP contribution in [0.2, 0.25) is 0 Å². The summed E-state index contributed by atoms with van der Waals surface area (Å²) in [5.41, 5.74) is 2.48. The number of esters is 1. The van der Waals surface area contributed by atoms with Crippen molar-refractivity contribution < 1.29 is 13.9 Å². The van der Waals surface area contributed by atoms with Gasteiger partial charge in [-0.05, 0) is 24.3 Å². The van der Waals surface area contributed by atoms with Gasteiger partial charge in [-0.15, -0.1) is 0 Å². The SMILES string of the molecule is COC(=O)/C(C#N)=N/Nc1ccc(F)cc1. The number of anilines is 1. The van der Waals surface area contributed by atoms with E-state index in [0.717, 1.165) is 7.11 Å². The van der Waals surface area contributed by atoms with Crippen molar-refractivity contribution in [1.82, 2.24) is 0 Å². The fraction of sp³-hybridized carbons (Fsp3) is 0.100. The molecular weight excluding hydrogens is 213 g/mol. The Bertz CT molecular complexity index is 448. The minimum atomic E-state index is -0.836. The van der Waals surface area contributed by atoms with E-state index >= 15 is 0 Å². The quantitative estimate of drug-likeness (QED) is 0.474. The minimum absolute atomic E-state index is 0.386. The number of nitrogens with one attached hydrogen (secondary N) is 1. The molecule has 6 heteroatoms. The number of hydrogen-bond donors (Lipinski definition) is 1. The highest BCUT2D eigenvalue weighted by atomic mass is 19.1. The molecule has 1 aromatic rings. The number of nitrogens with zero attached hydrogens (tertiary/aromatic N) is 2. The Morgan fingerprint density at radius 3 is 2.62 bits per heavy atom. The Balaban J connectivity index is 2.75. The number of carbonyl (C=O) groups is 1. The molecular formula is C10H8FN3O2. The van der Waals surface area contributed by atoms with Crippen LogP contribution < -0.4 is 5.43 Å². The first-order chi connectivity index (χ1) is 7.67. The maximum Gasteiger partial charge on any atom is 0.369 e. The zero-order valence-electron chi connectivity index (χ0n) is 8.40. The van der Waals surface area contributed by atoms with Crippen LogP contribution in [0, 0.1) is 17.1 Å². The van der Waals surface area contributed by atoms with Gasteiger partial charge in [-0.3, -0.25) is 5.43 Å². The molecule has 1 aromatic carbocycles. The average molecular weight is 221 g/mol. The highest BCUT2D eigenvalue weighted by Crippen LogP contribution is 2.07. The van der Waals surface area contributed by atoms with Gasteiger partial charge < -0.3 is 4.74 Å². The third kappa shape index (κ3) is 3.06. The Labute approximate surface area is 91.1 Å². The molecule has 0 radical (unpaired) electrons. The molecule has 16 heavy (non-hydrogen) atoms. The molecule has 0 unspecified atom stereocenters. The summed E-state index contributed by atoms with van der Waals surface area (Å²) in [5, 5.41) is 12.1. The molecule has 0 fully saturated rings. The molecule has 82 valence electrons. The fourth-order valence-electron chi connectivity index (χ4n) is 0.858. The first-order valence-corrected chi connectivity index (χ1v) is 4.25. The molecule has 0 aliphatic heterocycles. The molecule has 0 saturated carbocycles. The van der Waals surface area contributed by atoms with Gasteiger partial charge in [0, 0.05) is 0 Å². The largest absolute Gasteiger partial charge is 0.464 e. The Morgan fingerprint density at radius 1 is 1.50 bits per heavy atom. The number of ether oxygens (including phenoxy) is 1. The number of hydrogen-bond acceptors (Lipinski definition) is 5. The van der Waals surface area contributed by atoms with Crippen LogP contribution in [0.15, 0.2) is 29.4 Å². The molecule has 0 saturated heterocycles. The van der Waals surface area contributed by atoms with Gasteiger partial charge in [0.15, 0.2) is 0 Å². The first kappa shape index (κ1) is 11.7. The summed E-state index contributed by atoms with van der Waals surface area (Å²) >= 11 is 0. The van der Waals surface area contributed by atoms with Gasteiger partial charge in [0.2, 0.25) is 5.71 Å². The fourth-order valence-corrected chi connectivity index (χ4v) is 0.858. The summed E-state index contributed by atoms with van der Waals surface area (Å²) < 4.78 is 16.9. The summed E-state index contributed by atoms with van der Waals surface area (Å²) in [6, 6.07) is 6.87. The van der Waals surface area contributed by atoms with Crippen molar-refractivity contribution in [3.05, 3.63) is 30.1 Å². The number of methoxy groups -OCH3 is 1. The lowest BCUT2D eigenvalue weighted by atomic mass is 10.3. The highest BCUT2D eigenvalue weighted by molar-refractivity contribution is 6.43. The number of rotatable bonds is 3. The Morgan fingerprint density at radius 2 is 2.12 bits per heavy atom. The van der Waals surface area contributed by atoms with E-state index in [1.54, 1.807) is 6.07 Å². The zero-order valence-corrected chi connectivity index (χ0v) is 8.40. The van der Waals surface area contributed by atoms with E-state index in [1.807, 2.05) is 0 Å². The third-order valence-corrected chi connectivity index (χ3v) is 1.63. The van der Waals surface area contributed by atoms with Crippen LogP contribution in [-0.2, 0) is 9.53 Å². The average Bonchev–Trinajstić information content (AvgIpc) is 2.31. The van der Waals surface area contributed by atoms with Crippen LogP contribution in [0.5, 0.6) is 0 Å². The molecule has 0 bridgehead atoms. The van der Waals surface area contributed by atoms with Crippen LogP contribution in [0.3, 0.4) is 0 Å². The number of halogens is 1. The maximum absolute atomic E-state index is 12.5. The van der Waals surface area contributed by atoms with Gasteiger partial charge in [-0.2, -0.15) is 10.4 Å². The summed E-state index contributed by atoms with van der Waals surface area (Å²) in [4.78, 5) is 10.9. The number of benzene rings is 1. The van der Waals surface area contributed by atoms with E-state index in [-0.39, 0.29) is 5.82 Å². The summed E-state index contributed by atoms with van der Waals surface area (Å²) in [7, 11) is 1.15. The van der Waals surface area contributed by atoms with Gasteiger partial charge >= 0.3 is 5.97 Å². The summed E-state index contributed by atoms with van der Waals surface area (Å²) in [6.07, 6.45) is 0.